The van der Waals surface area contributed by atoms with Crippen LogP contribution < -0.4 is 0 Å². The molecule has 34 heavy (non-hydrogen) atoms. The predicted octanol–water partition coefficient (Wildman–Crippen LogP) is 7.93. The molecule has 7 aromatic rings. The van der Waals surface area contributed by atoms with E-state index >= 15 is 0 Å². The molecule has 3 aromatic heterocycles. The van der Waals surface area contributed by atoms with E-state index in [1.54, 1.807) is 0 Å². The van der Waals surface area contributed by atoms with Crippen LogP contribution in [0.2, 0.25) is 0 Å². The van der Waals surface area contributed by atoms with Crippen LogP contribution in [0.5, 0.6) is 0 Å². The molecule has 0 saturated carbocycles. The van der Waals surface area contributed by atoms with E-state index in [0.29, 0.717) is 0 Å². The Bertz CT molecular complexity index is 1940. The number of aromatic nitrogens is 3. The highest BCUT2D eigenvalue weighted by atomic mass is 15.2. The van der Waals surface area contributed by atoms with E-state index < -0.39 is 0 Å². The summed E-state index contributed by atoms with van der Waals surface area (Å²) < 4.78 is 2.10. The van der Waals surface area contributed by atoms with Gasteiger partial charge >= 0.3 is 0 Å². The smallest absolute Gasteiger partial charge is 0.103 e. The zero-order valence-corrected chi connectivity index (χ0v) is 19.4. The molecule has 0 amide bonds. The second-order valence-corrected chi connectivity index (χ2v) is 9.41. The van der Waals surface area contributed by atoms with Gasteiger partial charge in [-0.1, -0.05) is 54.1 Å². The fourth-order valence-corrected chi connectivity index (χ4v) is 5.31. The molecule has 0 aliphatic rings. The first-order valence-electron chi connectivity index (χ1n) is 11.7. The summed E-state index contributed by atoms with van der Waals surface area (Å²) in [5.41, 5.74) is 10.1. The molecule has 0 aliphatic carbocycles. The maximum absolute atomic E-state index is 5.18. The first-order chi connectivity index (χ1) is 16.6. The van der Waals surface area contributed by atoms with E-state index in [0.717, 1.165) is 38.7 Å². The third-order valence-corrected chi connectivity index (χ3v) is 6.98. The number of fused-ring (bicyclic) bond motifs is 8. The van der Waals surface area contributed by atoms with E-state index in [1.807, 2.05) is 0 Å². The quantitative estimate of drug-likeness (QED) is 0.244. The highest BCUT2D eigenvalue weighted by Gasteiger charge is 2.16. The molecular weight excluding hydrogens is 414 g/mol. The average Bonchev–Trinajstić information content (AvgIpc) is 3.21. The van der Waals surface area contributed by atoms with E-state index in [1.165, 1.54) is 38.2 Å². The van der Waals surface area contributed by atoms with Crippen LogP contribution in [0, 0.1) is 20.8 Å². The Kier molecular flexibility index (Phi) is 3.89. The minimum atomic E-state index is 0.956. The maximum atomic E-state index is 5.18. The molecule has 3 heteroatoms. The van der Waals surface area contributed by atoms with Gasteiger partial charge in [-0.3, -0.25) is 0 Å². The Balaban J connectivity index is 1.58. The first kappa shape index (κ1) is 19.2. The minimum absolute atomic E-state index is 0.956. The van der Waals surface area contributed by atoms with Crippen LogP contribution in [-0.2, 0) is 0 Å². The minimum Gasteiger partial charge on any atom is -0.247 e. The normalized spacial score (nSPS) is 12.0. The molecule has 7 rings (SSSR count). The lowest BCUT2D eigenvalue weighted by Gasteiger charge is -2.08. The van der Waals surface area contributed by atoms with Crippen LogP contribution in [0.3, 0.4) is 0 Å². The number of hydrogen-bond donors (Lipinski definition) is 0. The van der Waals surface area contributed by atoms with Crippen LogP contribution in [0.1, 0.15) is 16.7 Å². The zero-order chi connectivity index (χ0) is 23.0. The van der Waals surface area contributed by atoms with Gasteiger partial charge in [-0.05, 0) is 73.7 Å². The van der Waals surface area contributed by atoms with Gasteiger partial charge in [0.1, 0.15) is 5.52 Å². The number of benzene rings is 4. The predicted molar refractivity (Wildman–Crippen MR) is 143 cm³/mol. The van der Waals surface area contributed by atoms with Gasteiger partial charge in [0, 0.05) is 27.1 Å². The molecule has 0 bridgehead atoms. The second kappa shape index (κ2) is 6.88. The van der Waals surface area contributed by atoms with Crippen LogP contribution in [-0.4, -0.2) is 14.6 Å². The molecule has 0 saturated heterocycles. The van der Waals surface area contributed by atoms with Crippen molar-refractivity contribution in [1.82, 2.24) is 14.6 Å². The summed E-state index contributed by atoms with van der Waals surface area (Å²) in [5.74, 6) is 0. The van der Waals surface area contributed by atoms with Gasteiger partial charge in [0.2, 0.25) is 0 Å². The average molecular weight is 438 g/mol. The summed E-state index contributed by atoms with van der Waals surface area (Å²) in [4.78, 5) is 5.18. The van der Waals surface area contributed by atoms with E-state index in [9.17, 15) is 0 Å². The first-order valence-corrected chi connectivity index (χ1v) is 11.7. The molecule has 0 fully saturated rings. The van der Waals surface area contributed by atoms with Gasteiger partial charge in [0.05, 0.1) is 22.2 Å². The van der Waals surface area contributed by atoms with Crippen LogP contribution >= 0.6 is 0 Å². The van der Waals surface area contributed by atoms with Gasteiger partial charge in [-0.15, -0.1) is 0 Å². The molecule has 0 radical (unpaired) electrons. The highest BCUT2D eigenvalue weighted by molar-refractivity contribution is 6.08. The standard InChI is InChI=1S/C31H23N3/c1-18-8-13-28-24(14-18)20(3)17-29-26-16-19(2)15-25(31(26)33-34(28)29)27-12-11-22-10-9-21-6-4-5-7-23(21)30(22)32-27/h4-17H,1-3H3. The number of hydrogen-bond acceptors (Lipinski definition) is 2. The molecule has 0 spiro atoms. The van der Waals surface area contributed by atoms with Crippen molar-refractivity contribution in [2.45, 2.75) is 20.8 Å². The van der Waals surface area contributed by atoms with Crippen LogP contribution in [0.25, 0.3) is 60.3 Å². The third-order valence-electron chi connectivity index (χ3n) is 6.98. The lowest BCUT2D eigenvalue weighted by Crippen LogP contribution is -1.93. The Hall–Kier alpha value is -4.24. The number of nitrogens with zero attached hydrogens (tertiary/aromatic N) is 3. The Labute approximate surface area is 197 Å². The maximum Gasteiger partial charge on any atom is 0.103 e. The summed E-state index contributed by atoms with van der Waals surface area (Å²) in [7, 11) is 0. The SMILES string of the molecule is Cc1ccc2c(c1)c(C)cc1c3cc(C)cc(-c4ccc5ccc6ccccc6c5n4)c3nn21. The molecule has 0 N–H and O–H groups in total. The molecule has 4 aromatic carbocycles. The van der Waals surface area contributed by atoms with Gasteiger partial charge in [0.15, 0.2) is 0 Å². The topological polar surface area (TPSA) is 30.2 Å². The number of aryl methyl sites for hydroxylation is 3. The molecule has 3 nitrogen and oxygen atoms in total. The molecular formula is C31H23N3. The van der Waals surface area contributed by atoms with Gasteiger partial charge in [-0.25, -0.2) is 9.50 Å². The van der Waals surface area contributed by atoms with Crippen molar-refractivity contribution < 1.29 is 0 Å². The number of pyridine rings is 2. The largest absolute Gasteiger partial charge is 0.247 e. The monoisotopic (exact) mass is 437 g/mol. The zero-order valence-electron chi connectivity index (χ0n) is 19.4. The van der Waals surface area contributed by atoms with Gasteiger partial charge in [0.25, 0.3) is 0 Å². The Morgan fingerprint density at radius 3 is 2.29 bits per heavy atom. The molecule has 0 unspecified atom stereocenters. The van der Waals surface area contributed by atoms with Crippen molar-refractivity contribution in [3.8, 4) is 11.3 Å². The third kappa shape index (κ3) is 2.70. The molecule has 0 atom stereocenters. The Morgan fingerprint density at radius 2 is 1.38 bits per heavy atom. The van der Waals surface area contributed by atoms with Crippen LogP contribution in [0.15, 0.2) is 84.9 Å². The molecule has 3 heterocycles. The second-order valence-electron chi connectivity index (χ2n) is 9.41. The summed E-state index contributed by atoms with van der Waals surface area (Å²) in [5, 5.41) is 11.1. The van der Waals surface area contributed by atoms with Crippen molar-refractivity contribution in [3.05, 3.63) is 102 Å². The van der Waals surface area contributed by atoms with Gasteiger partial charge in [-0.2, -0.15) is 5.10 Å². The summed E-state index contributed by atoms with van der Waals surface area (Å²) in [6, 6.07) is 30.4. The van der Waals surface area contributed by atoms with Crippen molar-refractivity contribution in [1.29, 1.82) is 0 Å². The molecule has 0 aliphatic heterocycles. The fourth-order valence-electron chi connectivity index (χ4n) is 5.31. The van der Waals surface area contributed by atoms with E-state index in [4.69, 9.17) is 10.1 Å². The lowest BCUT2D eigenvalue weighted by molar-refractivity contribution is 1.02. The van der Waals surface area contributed by atoms with Crippen molar-refractivity contribution in [2.75, 3.05) is 0 Å². The number of rotatable bonds is 1. The summed E-state index contributed by atoms with van der Waals surface area (Å²) in [6.07, 6.45) is 0. The Morgan fingerprint density at radius 1 is 0.588 bits per heavy atom. The van der Waals surface area contributed by atoms with Crippen molar-refractivity contribution >= 4 is 49.0 Å². The van der Waals surface area contributed by atoms with Crippen LogP contribution in [0.4, 0.5) is 0 Å². The van der Waals surface area contributed by atoms with Crippen molar-refractivity contribution in [3.63, 3.8) is 0 Å². The van der Waals surface area contributed by atoms with Crippen molar-refractivity contribution in [2.24, 2.45) is 0 Å². The fraction of sp³-hybridized carbons (Fsp3) is 0.0968. The molecule has 162 valence electrons. The lowest BCUT2D eigenvalue weighted by atomic mass is 10.0. The summed E-state index contributed by atoms with van der Waals surface area (Å²) in [6.45, 7) is 6.48. The van der Waals surface area contributed by atoms with Gasteiger partial charge < -0.3 is 0 Å². The summed E-state index contributed by atoms with van der Waals surface area (Å²) >= 11 is 0. The van der Waals surface area contributed by atoms with E-state index in [-0.39, 0.29) is 0 Å². The highest BCUT2D eigenvalue weighted by Crippen LogP contribution is 2.35. The van der Waals surface area contributed by atoms with E-state index in [2.05, 4.69) is 110 Å².